The van der Waals surface area contributed by atoms with Crippen LogP contribution in [0.5, 0.6) is 0 Å². The van der Waals surface area contributed by atoms with Crippen molar-refractivity contribution in [1.82, 2.24) is 0 Å². The Bertz CT molecular complexity index is 2500. The first-order valence-corrected chi connectivity index (χ1v) is 58.3. The minimum Gasteiger partial charge on any atom is 1.00 e. The van der Waals surface area contributed by atoms with Crippen molar-refractivity contribution in [3.8, 4) is 0 Å². The van der Waals surface area contributed by atoms with Crippen molar-refractivity contribution in [2.75, 3.05) is 152 Å². The van der Waals surface area contributed by atoms with Crippen molar-refractivity contribution >= 4 is 134 Å². The van der Waals surface area contributed by atoms with Gasteiger partial charge in [0.2, 0.25) is 0 Å². The van der Waals surface area contributed by atoms with Crippen molar-refractivity contribution in [1.29, 1.82) is 0 Å². The van der Waals surface area contributed by atoms with Gasteiger partial charge in [-0.3, -0.25) is 4.57 Å². The van der Waals surface area contributed by atoms with E-state index < -0.39 is 94.3 Å². The molecule has 44 heteroatoms. The van der Waals surface area contributed by atoms with Crippen molar-refractivity contribution in [2.45, 2.75) is 78.1 Å². The predicted octanol–water partition coefficient (Wildman–Crippen LogP) is -18.4. The number of likely N-dealkylation sites (tertiary alicyclic amines) is 1. The van der Waals surface area contributed by atoms with Gasteiger partial charge in [0.1, 0.15) is 7.60 Å². The molecule has 0 amide bonds. The number of rotatable bonds is 46. The minimum absolute atomic E-state index is 0. The van der Waals surface area contributed by atoms with E-state index in [-0.39, 0.29) is 263 Å². The molecule has 1 fully saturated rings. The molecule has 0 spiro atoms. The van der Waals surface area contributed by atoms with Gasteiger partial charge in [-0.15, -0.1) is 0 Å². The molecule has 1 heterocycles. The van der Waals surface area contributed by atoms with Gasteiger partial charge in [0, 0.05) is 92.4 Å². The smallest absolute Gasteiger partial charge is 1.00 e. The Morgan fingerprint density at radius 2 is 0.660 bits per heavy atom. The molecule has 3 unspecified atom stereocenters. The van der Waals surface area contributed by atoms with Gasteiger partial charge in [-0.2, -0.15) is 0 Å². The number of nitrogens with zero attached hydrogens (tertiary/aromatic N) is 4. The van der Waals surface area contributed by atoms with E-state index >= 15 is 0 Å². The standard InChI is InChI=1S/C14H30NO6PS.3C12H24NO6PS.3K.5Na.H/c1-3-13-11-15(12-14(13)4-2,7-5-9-22(16,17)18)8-6-10-23(19,20)21;3*1-3-7-13(8-4-2,9-5-11-20(14,15)16)10-6-12-21(17,18)19;;;;;;;;;/h13-14H,3-12H2,1-2H3,(H2-,16,17,18,19,20,21);3*3-4H,1-2,5-12H2,(H2-,14,15,16,17,18,19);;;;;;;;;/q;;;;;;6*+1;-1/p-5. The largest absolute Gasteiger partial charge is 1.00 e. The first-order valence-electron chi connectivity index (χ1n) is 29.0. The fourth-order valence-electron chi connectivity index (χ4n) is 10.8. The van der Waals surface area contributed by atoms with Gasteiger partial charge in [0.25, 0.3) is 0 Å². The zero-order valence-electron chi connectivity index (χ0n) is 59.0. The molecule has 1 aliphatic rings. The maximum absolute atomic E-state index is 10.9. The maximum atomic E-state index is 10.9. The van der Waals surface area contributed by atoms with Crippen LogP contribution in [0.4, 0.5) is 0 Å². The Hall–Kier alpha value is 8.43. The molecule has 3 atom stereocenters. The second-order valence-electron chi connectivity index (χ2n) is 22.0. The topological polar surface area (TPSA) is 473 Å². The molecule has 28 nitrogen and oxygen atoms in total. The first-order chi connectivity index (χ1) is 40.1. The fraction of sp³-hybridized carbons (Fsp3) is 0.760. The molecule has 3 N–H and O–H groups in total. The van der Waals surface area contributed by atoms with E-state index in [1.165, 1.54) is 63.2 Å². The Morgan fingerprint density at radius 1 is 0.436 bits per heavy atom. The van der Waals surface area contributed by atoms with Gasteiger partial charge in [-0.1, -0.05) is 68.5 Å². The molecule has 0 aromatic carbocycles. The van der Waals surface area contributed by atoms with Crippen LogP contribution in [0.3, 0.4) is 0 Å². The van der Waals surface area contributed by atoms with Crippen LogP contribution < -0.4 is 224 Å². The zero-order chi connectivity index (χ0) is 69.4. The van der Waals surface area contributed by atoms with Gasteiger partial charge >= 0.3 is 270 Å². The van der Waals surface area contributed by atoms with Crippen LogP contribution in [-0.2, 0) is 58.7 Å². The van der Waals surface area contributed by atoms with E-state index in [9.17, 15) is 94.6 Å². The molecular weight excluding hydrogens is 1520 g/mol. The summed E-state index contributed by atoms with van der Waals surface area (Å²) in [5.41, 5.74) is 0. The van der Waals surface area contributed by atoms with Crippen LogP contribution in [-0.4, -0.2) is 300 Å². The van der Waals surface area contributed by atoms with E-state index in [2.05, 4.69) is 53.3 Å². The Labute approximate surface area is 764 Å². The quantitative estimate of drug-likeness (QED) is 0.0167. The summed E-state index contributed by atoms with van der Waals surface area (Å²) in [7, 11) is -34.4. The van der Waals surface area contributed by atoms with Crippen LogP contribution >= 0.6 is 30.4 Å². The third-order valence-electron chi connectivity index (χ3n) is 14.4. The summed E-state index contributed by atoms with van der Waals surface area (Å²) in [5, 5.41) is 0. The summed E-state index contributed by atoms with van der Waals surface area (Å²) in [4.78, 5) is 80.4. The third kappa shape index (κ3) is 75.8. The van der Waals surface area contributed by atoms with Gasteiger partial charge in [0.05, 0.1) is 151 Å². The maximum Gasteiger partial charge on any atom is 1.00 e. The van der Waals surface area contributed by atoms with Crippen molar-refractivity contribution < 1.29 is 328 Å². The molecule has 1 saturated heterocycles. The average molecular weight is 1620 g/mol. The molecule has 0 radical (unpaired) electrons. The molecule has 514 valence electrons. The molecule has 0 aromatic rings. The summed E-state index contributed by atoms with van der Waals surface area (Å²) in [6.45, 7) is 34.4. The summed E-state index contributed by atoms with van der Waals surface area (Å²) in [5.74, 6) is -0.711. The third-order valence-corrected chi connectivity index (χ3v) is 21.1. The number of quaternary nitrogens is 4. The normalized spacial score (nSPS) is 16.5. The number of hydrogen-bond acceptors (Lipinski definition) is 21. The Kier molecular flexibility index (Phi) is 84.0. The van der Waals surface area contributed by atoms with E-state index in [1.54, 1.807) is 36.5 Å². The number of hydrogen-bond donors (Lipinski definition) is 3. The molecule has 1 aliphatic heterocycles. The van der Waals surface area contributed by atoms with Crippen LogP contribution in [0.15, 0.2) is 75.9 Å². The average Bonchev–Trinajstić information content (AvgIpc) is 2.87. The van der Waals surface area contributed by atoms with Crippen LogP contribution in [0.25, 0.3) is 0 Å². The van der Waals surface area contributed by atoms with Crippen molar-refractivity contribution in [2.24, 2.45) is 11.8 Å². The first kappa shape index (κ1) is 123. The zero-order valence-corrected chi connectivity index (χ0v) is 84.2. The molecule has 0 aliphatic carbocycles. The molecule has 0 saturated carbocycles. The monoisotopic (exact) mass is 1620 g/mol. The van der Waals surface area contributed by atoms with E-state index in [4.69, 9.17) is 14.7 Å². The second kappa shape index (κ2) is 64.0. The molecule has 0 aromatic heterocycles. The van der Waals surface area contributed by atoms with Crippen LogP contribution in [0, 0.1) is 11.8 Å². The minimum atomic E-state index is -4.55. The second-order valence-corrected chi connectivity index (χ2v) is 34.9. The van der Waals surface area contributed by atoms with Gasteiger partial charge in [-0.05, 0) is 61.6 Å². The van der Waals surface area contributed by atoms with Crippen LogP contribution in [0.1, 0.15) is 79.5 Å². The van der Waals surface area contributed by atoms with Gasteiger partial charge < -0.3 is 90.4 Å². The summed E-state index contributed by atoms with van der Waals surface area (Å²) < 4.78 is 173. The predicted molar refractivity (Wildman–Crippen MR) is 332 cm³/mol. The van der Waals surface area contributed by atoms with E-state index in [0.29, 0.717) is 134 Å². The van der Waals surface area contributed by atoms with Crippen molar-refractivity contribution in [3.05, 3.63) is 75.9 Å². The van der Waals surface area contributed by atoms with Gasteiger partial charge in [0.15, 0.2) is 0 Å². The van der Waals surface area contributed by atoms with Crippen molar-refractivity contribution in [3.63, 3.8) is 0 Å². The van der Waals surface area contributed by atoms with E-state index in [1.807, 2.05) is 0 Å². The van der Waals surface area contributed by atoms with E-state index in [0.717, 1.165) is 25.9 Å². The Balaban J connectivity index is -0.000000106. The summed E-state index contributed by atoms with van der Waals surface area (Å²) in [6.07, 6.45) is 12.5. The van der Waals surface area contributed by atoms with Crippen LogP contribution in [0.2, 0.25) is 0 Å². The summed E-state index contributed by atoms with van der Waals surface area (Å²) >= 11 is 2.50. The molecular formula is C50H98K3N4Na5O24P4S4. The summed E-state index contributed by atoms with van der Waals surface area (Å²) in [6, 6.07) is 0. The van der Waals surface area contributed by atoms with Gasteiger partial charge in [-0.25, -0.2) is 33.7 Å². The molecule has 94 heavy (non-hydrogen) atoms. The molecule has 0 bridgehead atoms. The Morgan fingerprint density at radius 3 is 0.883 bits per heavy atom. The SMILES string of the molecule is C=CC[N+](CC=C)(CCCP(=O)(O)O)CCCS(=O)(=O)[O-].C=CC[N+](CC=C)(CCCP(=O)([O-])O)CCCS(=O)(=O)[O-].C=CC[N+](CC=C)(CCCP(=O)([O-])[O-])CCCS(=O)(=O)[O-].CCC1C[N+](CCCP(=O)([O-])[O-])(CCCS(=O)(=O)[O-])CC1CC.[H-].[K+].[K][K].[Na+].[Na+].[Na+].[Na+].[Na+]. The molecule has 1 rings (SSSR count). The fourth-order valence-corrected chi connectivity index (χ4v) is 14.9.